The highest BCUT2D eigenvalue weighted by Crippen LogP contribution is 2.31. The van der Waals surface area contributed by atoms with Gasteiger partial charge in [0.05, 0.1) is 21.9 Å². The molecule has 19 heavy (non-hydrogen) atoms. The fraction of sp³-hybridized carbons (Fsp3) is 0.167. The van der Waals surface area contributed by atoms with Crippen LogP contribution in [0.3, 0.4) is 0 Å². The van der Waals surface area contributed by atoms with Crippen molar-refractivity contribution in [1.82, 2.24) is 5.43 Å². The van der Waals surface area contributed by atoms with Crippen LogP contribution in [-0.4, -0.2) is 11.6 Å². The van der Waals surface area contributed by atoms with Crippen molar-refractivity contribution in [3.8, 4) is 0 Å². The molecule has 7 heteroatoms. The van der Waals surface area contributed by atoms with E-state index in [9.17, 15) is 4.79 Å². The number of hydrazone groups is 1. The van der Waals surface area contributed by atoms with Crippen molar-refractivity contribution in [1.29, 1.82) is 0 Å². The number of carbonyl (C=O) groups is 1. The molecule has 0 unspecified atom stereocenters. The number of aryl methyl sites for hydroxylation is 1. The summed E-state index contributed by atoms with van der Waals surface area (Å²) < 4.78 is 6.17. The van der Waals surface area contributed by atoms with Crippen LogP contribution in [0.4, 0.5) is 0 Å². The van der Waals surface area contributed by atoms with Crippen molar-refractivity contribution >= 4 is 46.2 Å². The summed E-state index contributed by atoms with van der Waals surface area (Å²) in [6.07, 6.45) is 1.45. The van der Waals surface area contributed by atoms with Crippen molar-refractivity contribution in [3.05, 3.63) is 44.0 Å². The minimum atomic E-state index is -0.331. The number of amides is 1. The third kappa shape index (κ3) is 3.18. The zero-order valence-electron chi connectivity index (χ0n) is 10.2. The minimum Gasteiger partial charge on any atom is -0.469 e. The van der Waals surface area contributed by atoms with E-state index < -0.39 is 0 Å². The molecule has 0 bridgehead atoms. The van der Waals surface area contributed by atoms with Gasteiger partial charge in [-0.3, -0.25) is 4.79 Å². The van der Waals surface area contributed by atoms with E-state index in [1.807, 2.05) is 0 Å². The molecule has 2 aromatic rings. The second-order valence-corrected chi connectivity index (χ2v) is 6.05. The van der Waals surface area contributed by atoms with Gasteiger partial charge in [-0.05, 0) is 26.0 Å². The molecule has 0 aliphatic carbocycles. The average Bonchev–Trinajstić information content (AvgIpc) is 2.91. The summed E-state index contributed by atoms with van der Waals surface area (Å²) in [5, 5.41) is 4.00. The normalized spacial score (nSPS) is 11.7. The molecule has 0 aliphatic rings. The highest BCUT2D eigenvalue weighted by Gasteiger charge is 2.12. The number of thiophene rings is 1. The topological polar surface area (TPSA) is 54.6 Å². The third-order valence-corrected chi connectivity index (χ3v) is 3.96. The molecule has 1 N–H and O–H groups in total. The molecule has 0 atom stereocenters. The van der Waals surface area contributed by atoms with E-state index >= 15 is 0 Å². The molecule has 0 saturated carbocycles. The number of rotatable bonds is 3. The quantitative estimate of drug-likeness (QED) is 0.684. The summed E-state index contributed by atoms with van der Waals surface area (Å²) in [4.78, 5) is 11.8. The Morgan fingerprint density at radius 3 is 2.68 bits per heavy atom. The van der Waals surface area contributed by atoms with Gasteiger partial charge in [0.25, 0.3) is 5.91 Å². The second kappa shape index (κ2) is 5.77. The number of furan rings is 1. The van der Waals surface area contributed by atoms with Gasteiger partial charge < -0.3 is 4.42 Å². The van der Waals surface area contributed by atoms with Gasteiger partial charge in [-0.25, -0.2) is 5.43 Å². The van der Waals surface area contributed by atoms with Gasteiger partial charge in [-0.15, -0.1) is 11.3 Å². The van der Waals surface area contributed by atoms with Crippen LogP contribution in [-0.2, 0) is 0 Å². The van der Waals surface area contributed by atoms with Crippen molar-refractivity contribution < 1.29 is 9.21 Å². The fourth-order valence-corrected chi connectivity index (χ4v) is 3.03. The lowest BCUT2D eigenvalue weighted by molar-refractivity contribution is 0.0953. The van der Waals surface area contributed by atoms with Crippen LogP contribution in [0, 0.1) is 6.92 Å². The molecule has 0 spiro atoms. The summed E-state index contributed by atoms with van der Waals surface area (Å²) in [7, 11) is 0. The first-order valence-corrected chi connectivity index (χ1v) is 6.90. The predicted octanol–water partition coefficient (Wildman–Crippen LogP) is 4.11. The molecule has 4 nitrogen and oxygen atoms in total. The van der Waals surface area contributed by atoms with Gasteiger partial charge in [0.15, 0.2) is 0 Å². The molecule has 2 heterocycles. The summed E-state index contributed by atoms with van der Waals surface area (Å²) in [6.45, 7) is 3.45. The Morgan fingerprint density at radius 2 is 2.16 bits per heavy atom. The zero-order chi connectivity index (χ0) is 14.0. The van der Waals surface area contributed by atoms with Crippen LogP contribution >= 0.6 is 34.5 Å². The molecule has 0 radical (unpaired) electrons. The van der Waals surface area contributed by atoms with Gasteiger partial charge in [0, 0.05) is 5.56 Å². The second-order valence-electron chi connectivity index (χ2n) is 3.77. The lowest BCUT2D eigenvalue weighted by Crippen LogP contribution is -2.19. The Balaban J connectivity index is 2.13. The molecular formula is C12H10Cl2N2O2S. The van der Waals surface area contributed by atoms with Crippen LogP contribution in [0.2, 0.25) is 8.67 Å². The summed E-state index contributed by atoms with van der Waals surface area (Å²) >= 11 is 13.1. The number of nitrogens with zero attached hydrogens (tertiary/aromatic N) is 1. The third-order valence-electron chi connectivity index (χ3n) is 2.48. The first-order chi connectivity index (χ1) is 8.99. The van der Waals surface area contributed by atoms with Crippen LogP contribution in [0.25, 0.3) is 0 Å². The number of carbonyl (C=O) groups excluding carboxylic acids is 1. The molecule has 0 aromatic carbocycles. The Hall–Kier alpha value is -1.30. The molecule has 0 aliphatic heterocycles. The van der Waals surface area contributed by atoms with E-state index in [1.54, 1.807) is 26.0 Å². The van der Waals surface area contributed by atoms with Crippen LogP contribution < -0.4 is 5.43 Å². The van der Waals surface area contributed by atoms with E-state index in [-0.39, 0.29) is 5.91 Å². The lowest BCUT2D eigenvalue weighted by Gasteiger charge is -2.01. The molecule has 0 saturated heterocycles. The van der Waals surface area contributed by atoms with E-state index in [4.69, 9.17) is 27.6 Å². The van der Waals surface area contributed by atoms with Gasteiger partial charge in [-0.2, -0.15) is 5.10 Å². The monoisotopic (exact) mass is 316 g/mol. The molecule has 1 amide bonds. The Kier molecular flexibility index (Phi) is 4.29. The maximum Gasteiger partial charge on any atom is 0.274 e. The standard InChI is InChI=1S/C12H10Cl2N2O2S/c1-6(9-5-10(13)19-11(9)14)15-16-12(17)8-3-4-18-7(8)2/h3-5H,1-2H3,(H,16,17)/b15-6+. The Bertz CT molecular complexity index is 646. The SMILES string of the molecule is C/C(=N\NC(=O)c1ccoc1C)c1cc(Cl)sc1Cl. The van der Waals surface area contributed by atoms with Crippen molar-refractivity contribution in [3.63, 3.8) is 0 Å². The average molecular weight is 317 g/mol. The highest BCUT2D eigenvalue weighted by atomic mass is 35.5. The van der Waals surface area contributed by atoms with Crippen LogP contribution in [0.1, 0.15) is 28.6 Å². The van der Waals surface area contributed by atoms with Crippen LogP contribution in [0.5, 0.6) is 0 Å². The van der Waals surface area contributed by atoms with Gasteiger partial charge >= 0.3 is 0 Å². The van der Waals surface area contributed by atoms with Crippen molar-refractivity contribution in [2.24, 2.45) is 5.10 Å². The fourth-order valence-electron chi connectivity index (χ4n) is 1.46. The van der Waals surface area contributed by atoms with E-state index in [0.29, 0.717) is 31.3 Å². The van der Waals surface area contributed by atoms with E-state index in [1.165, 1.54) is 17.6 Å². The maximum atomic E-state index is 11.8. The number of hydrogen-bond acceptors (Lipinski definition) is 4. The Morgan fingerprint density at radius 1 is 1.42 bits per heavy atom. The van der Waals surface area contributed by atoms with E-state index in [2.05, 4.69) is 10.5 Å². The number of halogens is 2. The molecule has 0 fully saturated rings. The first-order valence-electron chi connectivity index (χ1n) is 5.33. The molecular weight excluding hydrogens is 307 g/mol. The van der Waals surface area contributed by atoms with Crippen LogP contribution in [0.15, 0.2) is 27.9 Å². The zero-order valence-corrected chi connectivity index (χ0v) is 12.5. The number of hydrogen-bond donors (Lipinski definition) is 1. The maximum absolute atomic E-state index is 11.8. The summed E-state index contributed by atoms with van der Waals surface area (Å²) in [6, 6.07) is 3.30. The smallest absolute Gasteiger partial charge is 0.274 e. The van der Waals surface area contributed by atoms with Gasteiger partial charge in [0.1, 0.15) is 10.1 Å². The van der Waals surface area contributed by atoms with Crippen molar-refractivity contribution in [2.75, 3.05) is 0 Å². The van der Waals surface area contributed by atoms with Crippen molar-refractivity contribution in [2.45, 2.75) is 13.8 Å². The summed E-state index contributed by atoms with van der Waals surface area (Å²) in [5.74, 6) is 0.213. The lowest BCUT2D eigenvalue weighted by atomic mass is 10.2. The predicted molar refractivity (Wildman–Crippen MR) is 77.5 cm³/mol. The van der Waals surface area contributed by atoms with Gasteiger partial charge in [-0.1, -0.05) is 23.2 Å². The number of nitrogens with one attached hydrogen (secondary N) is 1. The minimum absolute atomic E-state index is 0.331. The first kappa shape index (κ1) is 14.1. The molecule has 100 valence electrons. The summed E-state index contributed by atoms with van der Waals surface area (Å²) in [5.41, 5.74) is 4.20. The van der Waals surface area contributed by atoms with Gasteiger partial charge in [0.2, 0.25) is 0 Å². The largest absolute Gasteiger partial charge is 0.469 e. The highest BCUT2D eigenvalue weighted by molar-refractivity contribution is 7.20. The molecule has 2 aromatic heterocycles. The molecule has 2 rings (SSSR count). The van der Waals surface area contributed by atoms with E-state index in [0.717, 1.165) is 0 Å². The Labute approximate surface area is 124 Å².